The smallest absolute Gasteiger partial charge is 0.243 e. The van der Waals surface area contributed by atoms with Crippen molar-refractivity contribution < 1.29 is 4.79 Å². The van der Waals surface area contributed by atoms with Gasteiger partial charge in [-0.25, -0.2) is 0 Å². The van der Waals surface area contributed by atoms with Gasteiger partial charge in [0.1, 0.15) is 0 Å². The van der Waals surface area contributed by atoms with Gasteiger partial charge in [0.15, 0.2) is 0 Å². The fourth-order valence-electron chi connectivity index (χ4n) is 2.66. The first-order valence-corrected chi connectivity index (χ1v) is 7.09. The minimum absolute atomic E-state index is 0.0721. The fourth-order valence-corrected chi connectivity index (χ4v) is 3.01. The molecule has 1 amide bonds. The third-order valence-electron chi connectivity index (χ3n) is 3.51. The lowest BCUT2D eigenvalue weighted by Crippen LogP contribution is -2.44. The van der Waals surface area contributed by atoms with Crippen molar-refractivity contribution in [1.29, 1.82) is 0 Å². The third kappa shape index (κ3) is 2.37. The highest BCUT2D eigenvalue weighted by atomic mass is 79.9. The van der Waals surface area contributed by atoms with E-state index in [9.17, 15) is 4.79 Å². The van der Waals surface area contributed by atoms with Gasteiger partial charge in [0, 0.05) is 17.1 Å². The Labute approximate surface area is 115 Å². The second-order valence-corrected chi connectivity index (χ2v) is 5.80. The Morgan fingerprint density at radius 1 is 1.44 bits per heavy atom. The van der Waals surface area contributed by atoms with Crippen LogP contribution in [0.3, 0.4) is 0 Å². The van der Waals surface area contributed by atoms with E-state index in [-0.39, 0.29) is 5.91 Å². The Hall–Kier alpha value is -1.07. The highest BCUT2D eigenvalue weighted by molar-refractivity contribution is 9.10. The molecule has 1 aromatic carbocycles. The normalized spacial score (nSPS) is 22.8. The minimum atomic E-state index is 0.0721. The molecular formula is C13H16BrN3O. The van der Waals surface area contributed by atoms with Gasteiger partial charge in [0.2, 0.25) is 5.91 Å². The molecule has 0 saturated carbocycles. The molecule has 1 saturated heterocycles. The lowest BCUT2D eigenvalue weighted by Gasteiger charge is -2.33. The van der Waals surface area contributed by atoms with Gasteiger partial charge < -0.3 is 15.5 Å². The van der Waals surface area contributed by atoms with Crippen LogP contribution >= 0.6 is 15.9 Å². The number of rotatable bonds is 2. The molecule has 0 spiro atoms. The zero-order valence-corrected chi connectivity index (χ0v) is 11.7. The van der Waals surface area contributed by atoms with Gasteiger partial charge in [0.25, 0.3) is 0 Å². The Morgan fingerprint density at radius 2 is 2.33 bits per heavy atom. The predicted molar refractivity (Wildman–Crippen MR) is 76.0 cm³/mol. The number of anilines is 2. The molecule has 2 heterocycles. The molecule has 2 aliphatic heterocycles. The van der Waals surface area contributed by atoms with E-state index in [0.717, 1.165) is 28.9 Å². The number of fused-ring (bicyclic) bond motifs is 1. The zero-order chi connectivity index (χ0) is 12.5. The Kier molecular flexibility index (Phi) is 3.26. The molecule has 2 aliphatic rings. The van der Waals surface area contributed by atoms with Crippen molar-refractivity contribution in [3.05, 3.63) is 22.7 Å². The molecule has 0 bridgehead atoms. The fraction of sp³-hybridized carbons (Fsp3) is 0.462. The highest BCUT2D eigenvalue weighted by Gasteiger charge is 2.25. The number of hydrogen-bond donors (Lipinski definition) is 2. The van der Waals surface area contributed by atoms with Crippen LogP contribution in [0.25, 0.3) is 0 Å². The summed E-state index contributed by atoms with van der Waals surface area (Å²) in [7, 11) is 0. The molecule has 4 nitrogen and oxygen atoms in total. The maximum atomic E-state index is 11.7. The van der Waals surface area contributed by atoms with Gasteiger partial charge >= 0.3 is 0 Å². The number of carbonyl (C=O) groups excluding carboxylic acids is 1. The summed E-state index contributed by atoms with van der Waals surface area (Å²) in [6.45, 7) is 2.44. The molecule has 0 radical (unpaired) electrons. The summed E-state index contributed by atoms with van der Waals surface area (Å²) in [5.74, 6) is 0.0721. The molecule has 1 atom stereocenters. The zero-order valence-electron chi connectivity index (χ0n) is 10.1. The van der Waals surface area contributed by atoms with E-state index < -0.39 is 0 Å². The number of halogens is 1. The summed E-state index contributed by atoms with van der Waals surface area (Å²) in [5, 5.41) is 6.40. The third-order valence-corrected chi connectivity index (χ3v) is 4.01. The van der Waals surface area contributed by atoms with Crippen molar-refractivity contribution in [2.24, 2.45) is 0 Å². The molecule has 3 rings (SSSR count). The standard InChI is InChI=1S/C13H16BrN3O/c14-9-3-4-11-12(6-9)17(8-13(18)16-11)7-10-2-1-5-15-10/h3-4,6,10,15H,1-2,5,7-8H2,(H,16,18). The van der Waals surface area contributed by atoms with Crippen molar-refractivity contribution in [2.75, 3.05) is 29.9 Å². The van der Waals surface area contributed by atoms with Crippen LogP contribution in [-0.4, -0.2) is 31.6 Å². The number of nitrogens with zero attached hydrogens (tertiary/aromatic N) is 1. The lowest BCUT2D eigenvalue weighted by molar-refractivity contribution is -0.115. The van der Waals surface area contributed by atoms with Crippen molar-refractivity contribution in [3.8, 4) is 0 Å². The highest BCUT2D eigenvalue weighted by Crippen LogP contribution is 2.32. The van der Waals surface area contributed by atoms with E-state index >= 15 is 0 Å². The first-order valence-electron chi connectivity index (χ1n) is 6.30. The number of benzene rings is 1. The van der Waals surface area contributed by atoms with Gasteiger partial charge in [-0.3, -0.25) is 4.79 Å². The molecule has 1 unspecified atom stereocenters. The lowest BCUT2D eigenvalue weighted by atomic mass is 10.1. The van der Waals surface area contributed by atoms with Crippen LogP contribution in [0.1, 0.15) is 12.8 Å². The largest absolute Gasteiger partial charge is 0.359 e. The first-order chi connectivity index (χ1) is 8.72. The average Bonchev–Trinajstić information content (AvgIpc) is 2.83. The number of carbonyl (C=O) groups is 1. The van der Waals surface area contributed by atoms with Crippen molar-refractivity contribution in [3.63, 3.8) is 0 Å². The van der Waals surface area contributed by atoms with Crippen molar-refractivity contribution in [1.82, 2.24) is 5.32 Å². The van der Waals surface area contributed by atoms with Gasteiger partial charge in [-0.1, -0.05) is 15.9 Å². The predicted octanol–water partition coefficient (Wildman–Crippen LogP) is 1.96. The van der Waals surface area contributed by atoms with E-state index in [4.69, 9.17) is 0 Å². The van der Waals surface area contributed by atoms with Crippen LogP contribution in [0, 0.1) is 0 Å². The van der Waals surface area contributed by atoms with Gasteiger partial charge in [-0.15, -0.1) is 0 Å². The summed E-state index contributed by atoms with van der Waals surface area (Å²) in [6.07, 6.45) is 2.43. The molecule has 0 aromatic heterocycles. The summed E-state index contributed by atoms with van der Waals surface area (Å²) in [5.41, 5.74) is 2.02. The quantitative estimate of drug-likeness (QED) is 0.878. The Bertz CT molecular complexity index is 471. The van der Waals surface area contributed by atoms with E-state index in [1.54, 1.807) is 0 Å². The average molecular weight is 310 g/mol. The monoisotopic (exact) mass is 309 g/mol. The van der Waals surface area contributed by atoms with E-state index in [1.165, 1.54) is 12.8 Å². The Morgan fingerprint density at radius 3 is 3.11 bits per heavy atom. The van der Waals surface area contributed by atoms with Crippen molar-refractivity contribution >= 4 is 33.2 Å². The maximum absolute atomic E-state index is 11.7. The molecule has 5 heteroatoms. The van der Waals surface area contributed by atoms with Crippen LogP contribution in [0.5, 0.6) is 0 Å². The van der Waals surface area contributed by atoms with E-state index in [1.807, 2.05) is 12.1 Å². The second kappa shape index (κ2) is 4.90. The summed E-state index contributed by atoms with van der Waals surface area (Å²) in [6, 6.07) is 6.48. The van der Waals surface area contributed by atoms with Gasteiger partial charge in [-0.05, 0) is 37.6 Å². The van der Waals surface area contributed by atoms with Crippen LogP contribution in [0.15, 0.2) is 22.7 Å². The topological polar surface area (TPSA) is 44.4 Å². The van der Waals surface area contributed by atoms with Gasteiger partial charge in [0.05, 0.1) is 17.9 Å². The van der Waals surface area contributed by atoms with E-state index in [2.05, 4.69) is 37.5 Å². The van der Waals surface area contributed by atoms with Crippen LogP contribution < -0.4 is 15.5 Å². The SMILES string of the molecule is O=C1CN(CC2CCCN2)c2cc(Br)ccc2N1. The Balaban J connectivity index is 1.85. The van der Waals surface area contributed by atoms with Gasteiger partial charge in [-0.2, -0.15) is 0 Å². The molecule has 1 fully saturated rings. The molecule has 2 N–H and O–H groups in total. The molecule has 0 aliphatic carbocycles. The first kappa shape index (κ1) is 12.0. The second-order valence-electron chi connectivity index (χ2n) is 4.88. The van der Waals surface area contributed by atoms with Crippen LogP contribution in [-0.2, 0) is 4.79 Å². The van der Waals surface area contributed by atoms with Crippen LogP contribution in [0.2, 0.25) is 0 Å². The molecule has 1 aromatic rings. The number of amides is 1. The summed E-state index contributed by atoms with van der Waals surface area (Å²) < 4.78 is 1.04. The minimum Gasteiger partial charge on any atom is -0.359 e. The molecule has 18 heavy (non-hydrogen) atoms. The summed E-state index contributed by atoms with van der Waals surface area (Å²) >= 11 is 3.49. The van der Waals surface area contributed by atoms with Crippen LogP contribution in [0.4, 0.5) is 11.4 Å². The molecular weight excluding hydrogens is 294 g/mol. The number of hydrogen-bond acceptors (Lipinski definition) is 3. The maximum Gasteiger partial charge on any atom is 0.243 e. The van der Waals surface area contributed by atoms with Crippen molar-refractivity contribution in [2.45, 2.75) is 18.9 Å². The number of nitrogens with one attached hydrogen (secondary N) is 2. The van der Waals surface area contributed by atoms with E-state index in [0.29, 0.717) is 12.6 Å². The summed E-state index contributed by atoms with van der Waals surface area (Å²) in [4.78, 5) is 13.9. The molecule has 96 valence electrons.